The number of aryl methyl sites for hydroxylation is 2. The number of amides is 1. The molecule has 2 N–H and O–H groups in total. The van der Waals surface area contributed by atoms with E-state index in [2.05, 4.69) is 27.7 Å². The van der Waals surface area contributed by atoms with Crippen LogP contribution in [0.2, 0.25) is 0 Å². The van der Waals surface area contributed by atoms with Gasteiger partial charge in [0.05, 0.1) is 18.8 Å². The Labute approximate surface area is 148 Å². The molecule has 7 nitrogen and oxygen atoms in total. The van der Waals surface area contributed by atoms with Crippen LogP contribution in [0.1, 0.15) is 30.4 Å². The van der Waals surface area contributed by atoms with Crippen LogP contribution in [0, 0.1) is 13.8 Å². The second-order valence-corrected chi connectivity index (χ2v) is 5.04. The highest BCUT2D eigenvalue weighted by Crippen LogP contribution is 2.12. The minimum atomic E-state index is -0.00154. The van der Waals surface area contributed by atoms with Gasteiger partial charge in [-0.3, -0.25) is 4.79 Å². The summed E-state index contributed by atoms with van der Waals surface area (Å²) in [6.45, 7) is 7.31. The van der Waals surface area contributed by atoms with Gasteiger partial charge in [0.25, 0.3) is 0 Å². The van der Waals surface area contributed by atoms with Gasteiger partial charge in [0.1, 0.15) is 5.76 Å². The number of carbonyl (C=O) groups is 1. The fourth-order valence-electron chi connectivity index (χ4n) is 1.62. The monoisotopic (exact) mass is 423 g/mol. The highest BCUT2D eigenvalue weighted by atomic mass is 127. The predicted octanol–water partition coefficient (Wildman–Crippen LogP) is 1.44. The number of rotatable bonds is 6. The molecule has 0 aliphatic carbocycles. The molecule has 0 aliphatic rings. The number of nitrogens with zero attached hydrogens (tertiary/aromatic N) is 3. The van der Waals surface area contributed by atoms with Gasteiger partial charge in [-0.2, -0.15) is 0 Å². The molecule has 0 unspecified atom stereocenters. The van der Waals surface area contributed by atoms with Crippen molar-refractivity contribution in [2.75, 3.05) is 27.2 Å². The van der Waals surface area contributed by atoms with Gasteiger partial charge in [0.2, 0.25) is 5.91 Å². The lowest BCUT2D eigenvalue weighted by Crippen LogP contribution is -2.43. The Balaban J connectivity index is 0.00000441. The summed E-state index contributed by atoms with van der Waals surface area (Å²) in [5.74, 6) is 1.39. The van der Waals surface area contributed by atoms with Gasteiger partial charge in [-0.05, 0) is 20.3 Å². The second-order valence-electron chi connectivity index (χ2n) is 5.04. The van der Waals surface area contributed by atoms with Gasteiger partial charge >= 0.3 is 0 Å². The molecule has 0 aliphatic heterocycles. The molecule has 0 bridgehead atoms. The first-order valence-electron chi connectivity index (χ1n) is 7.09. The number of nitrogens with one attached hydrogen (secondary N) is 2. The van der Waals surface area contributed by atoms with Gasteiger partial charge in [0, 0.05) is 26.2 Å². The zero-order chi connectivity index (χ0) is 15.8. The second kappa shape index (κ2) is 10.4. The normalized spacial score (nSPS) is 10.9. The number of aliphatic imine (C=N–C) groups is 1. The van der Waals surface area contributed by atoms with E-state index < -0.39 is 0 Å². The molecule has 1 aromatic rings. The Morgan fingerprint density at radius 1 is 1.32 bits per heavy atom. The molecule has 0 atom stereocenters. The van der Waals surface area contributed by atoms with E-state index in [1.165, 1.54) is 0 Å². The summed E-state index contributed by atoms with van der Waals surface area (Å²) < 4.78 is 5.12. The lowest BCUT2D eigenvalue weighted by molar-refractivity contribution is -0.127. The summed E-state index contributed by atoms with van der Waals surface area (Å²) >= 11 is 0. The Kier molecular flexibility index (Phi) is 9.79. The van der Waals surface area contributed by atoms with Gasteiger partial charge < -0.3 is 20.1 Å². The predicted molar refractivity (Wildman–Crippen MR) is 97.5 cm³/mol. The van der Waals surface area contributed by atoms with E-state index in [9.17, 15) is 4.79 Å². The topological polar surface area (TPSA) is 82.8 Å². The van der Waals surface area contributed by atoms with Gasteiger partial charge in [-0.1, -0.05) is 12.1 Å². The quantitative estimate of drug-likeness (QED) is 0.411. The SMILES string of the molecule is CCCNC(=NCc1c(C)noc1C)NCC(=O)N(C)C.I. The zero-order valence-electron chi connectivity index (χ0n) is 13.9. The first-order valence-corrected chi connectivity index (χ1v) is 7.09. The molecule has 22 heavy (non-hydrogen) atoms. The smallest absolute Gasteiger partial charge is 0.241 e. The van der Waals surface area contributed by atoms with Gasteiger partial charge in [-0.15, -0.1) is 24.0 Å². The summed E-state index contributed by atoms with van der Waals surface area (Å²) in [6.07, 6.45) is 0.980. The average molecular weight is 423 g/mol. The zero-order valence-corrected chi connectivity index (χ0v) is 16.2. The van der Waals surface area contributed by atoms with E-state index in [1.54, 1.807) is 19.0 Å². The van der Waals surface area contributed by atoms with Crippen LogP contribution in [0.5, 0.6) is 0 Å². The highest BCUT2D eigenvalue weighted by Gasteiger charge is 2.09. The molecule has 1 amide bonds. The molecule has 1 heterocycles. The molecule has 0 fully saturated rings. The molecule has 0 radical (unpaired) electrons. The van der Waals surface area contributed by atoms with Crippen LogP contribution in [-0.4, -0.2) is 49.1 Å². The minimum Gasteiger partial charge on any atom is -0.361 e. The largest absolute Gasteiger partial charge is 0.361 e. The fraction of sp³-hybridized carbons (Fsp3) is 0.643. The third-order valence-corrected chi connectivity index (χ3v) is 3.02. The van der Waals surface area contributed by atoms with Crippen LogP contribution in [0.25, 0.3) is 0 Å². The minimum absolute atomic E-state index is 0. The van der Waals surface area contributed by atoms with Crippen molar-refractivity contribution < 1.29 is 9.32 Å². The van der Waals surface area contributed by atoms with Crippen molar-refractivity contribution in [1.82, 2.24) is 20.7 Å². The molecular formula is C14H26IN5O2. The van der Waals surface area contributed by atoms with Crippen molar-refractivity contribution in [2.24, 2.45) is 4.99 Å². The molecule has 1 rings (SSSR count). The maximum absolute atomic E-state index is 11.6. The third-order valence-electron chi connectivity index (χ3n) is 3.02. The summed E-state index contributed by atoms with van der Waals surface area (Å²) in [6, 6.07) is 0. The Bertz CT molecular complexity index is 480. The molecule has 1 aromatic heterocycles. The van der Waals surface area contributed by atoms with Gasteiger partial charge in [-0.25, -0.2) is 4.99 Å². The molecular weight excluding hydrogens is 397 g/mol. The van der Waals surface area contributed by atoms with Crippen LogP contribution in [0.3, 0.4) is 0 Å². The summed E-state index contributed by atoms with van der Waals surface area (Å²) in [5.41, 5.74) is 1.82. The fourth-order valence-corrected chi connectivity index (χ4v) is 1.62. The Morgan fingerprint density at radius 3 is 2.50 bits per heavy atom. The third kappa shape index (κ3) is 6.63. The van der Waals surface area contributed by atoms with E-state index in [0.29, 0.717) is 12.5 Å². The van der Waals surface area contributed by atoms with Crippen molar-refractivity contribution in [2.45, 2.75) is 33.7 Å². The standard InChI is InChI=1S/C14H25N5O2.HI/c1-6-7-15-14(17-9-13(20)19(4)5)16-8-12-10(2)18-21-11(12)3;/h6-9H2,1-5H3,(H2,15,16,17);1H. The van der Waals surface area contributed by atoms with Crippen LogP contribution in [0.4, 0.5) is 0 Å². The summed E-state index contributed by atoms with van der Waals surface area (Å²) in [4.78, 5) is 17.6. The molecule has 0 spiro atoms. The summed E-state index contributed by atoms with van der Waals surface area (Å²) in [5, 5.41) is 10.1. The van der Waals surface area contributed by atoms with Crippen molar-refractivity contribution in [1.29, 1.82) is 0 Å². The molecule has 0 aromatic carbocycles. The van der Waals surface area contributed by atoms with E-state index in [-0.39, 0.29) is 36.4 Å². The van der Waals surface area contributed by atoms with Crippen molar-refractivity contribution in [3.8, 4) is 0 Å². The number of aromatic nitrogens is 1. The lowest BCUT2D eigenvalue weighted by Gasteiger charge is -2.14. The highest BCUT2D eigenvalue weighted by molar-refractivity contribution is 14.0. The van der Waals surface area contributed by atoms with Crippen LogP contribution < -0.4 is 10.6 Å². The maximum Gasteiger partial charge on any atom is 0.241 e. The van der Waals surface area contributed by atoms with Crippen molar-refractivity contribution >= 4 is 35.8 Å². The van der Waals surface area contributed by atoms with Gasteiger partial charge in [0.15, 0.2) is 5.96 Å². The first kappa shape index (κ1) is 20.7. The van der Waals surface area contributed by atoms with E-state index in [1.807, 2.05) is 13.8 Å². The van der Waals surface area contributed by atoms with E-state index in [0.717, 1.165) is 30.0 Å². The van der Waals surface area contributed by atoms with Crippen LogP contribution >= 0.6 is 24.0 Å². The van der Waals surface area contributed by atoms with Crippen molar-refractivity contribution in [3.05, 3.63) is 17.0 Å². The van der Waals surface area contributed by atoms with Crippen LogP contribution in [-0.2, 0) is 11.3 Å². The maximum atomic E-state index is 11.6. The average Bonchev–Trinajstić information content (AvgIpc) is 2.77. The van der Waals surface area contributed by atoms with Crippen molar-refractivity contribution in [3.63, 3.8) is 0 Å². The van der Waals surface area contributed by atoms with E-state index >= 15 is 0 Å². The molecule has 0 saturated heterocycles. The molecule has 126 valence electrons. The lowest BCUT2D eigenvalue weighted by atomic mass is 10.2. The Morgan fingerprint density at radius 2 is 2.00 bits per heavy atom. The Hall–Kier alpha value is -1.32. The number of guanidine groups is 1. The first-order chi connectivity index (χ1) is 9.95. The van der Waals surface area contributed by atoms with E-state index in [4.69, 9.17) is 4.52 Å². The van der Waals surface area contributed by atoms with Crippen LogP contribution in [0.15, 0.2) is 9.52 Å². The number of halogens is 1. The molecule has 0 saturated carbocycles. The summed E-state index contributed by atoms with van der Waals surface area (Å²) in [7, 11) is 3.45. The number of carbonyl (C=O) groups excluding carboxylic acids is 1. The number of hydrogen-bond acceptors (Lipinski definition) is 4. The number of likely N-dealkylation sites (N-methyl/N-ethyl adjacent to an activating group) is 1. The molecule has 8 heteroatoms. The number of hydrogen-bond donors (Lipinski definition) is 2.